The minimum absolute atomic E-state index is 0.0322. The summed E-state index contributed by atoms with van der Waals surface area (Å²) in [6.45, 7) is 4.36. The number of carbonyl (C=O) groups excluding carboxylic acids is 4. The third-order valence-electron chi connectivity index (χ3n) is 11.3. The Morgan fingerprint density at radius 2 is 0.944 bits per heavy atom. The fourth-order valence-electron chi connectivity index (χ4n) is 8.15. The van der Waals surface area contributed by atoms with E-state index in [0.717, 1.165) is 116 Å². The van der Waals surface area contributed by atoms with Crippen molar-refractivity contribution in [3.05, 3.63) is 24.3 Å². The van der Waals surface area contributed by atoms with Gasteiger partial charge in [0, 0.05) is 12.8 Å². The minimum atomic E-state index is -0.783. The molecule has 54 heavy (non-hydrogen) atoms. The zero-order valence-corrected chi connectivity index (χ0v) is 33.3. The molecule has 6 unspecified atom stereocenters. The predicted molar refractivity (Wildman–Crippen MR) is 208 cm³/mol. The molecular weight excluding hydrogens is 688 g/mol. The van der Waals surface area contributed by atoms with Gasteiger partial charge in [-0.15, -0.1) is 0 Å². The highest BCUT2D eigenvalue weighted by atomic mass is 16.6. The molecule has 0 bridgehead atoms. The van der Waals surface area contributed by atoms with Crippen molar-refractivity contribution >= 4 is 35.8 Å². The van der Waals surface area contributed by atoms with Gasteiger partial charge in [-0.25, -0.2) is 0 Å². The molecule has 0 aromatic heterocycles. The second kappa shape index (κ2) is 28.2. The highest BCUT2D eigenvalue weighted by Crippen LogP contribution is 2.41. The number of carboxylic acids is 2. The smallest absolute Gasteiger partial charge is 0.317 e. The van der Waals surface area contributed by atoms with Gasteiger partial charge in [-0.2, -0.15) is 0 Å². The van der Waals surface area contributed by atoms with Gasteiger partial charge in [0.1, 0.15) is 0 Å². The lowest BCUT2D eigenvalue weighted by Gasteiger charge is -2.32. The highest BCUT2D eigenvalue weighted by molar-refractivity contribution is 5.95. The molecule has 2 aliphatic heterocycles. The molecule has 0 amide bonds. The van der Waals surface area contributed by atoms with E-state index in [4.69, 9.17) is 19.7 Å². The third-order valence-corrected chi connectivity index (χ3v) is 11.3. The normalized spacial score (nSPS) is 19.7. The first-order valence-corrected chi connectivity index (χ1v) is 21.3. The molecule has 6 atom stereocenters. The molecule has 2 saturated heterocycles. The predicted octanol–water partition coefficient (Wildman–Crippen LogP) is 10.3. The maximum absolute atomic E-state index is 13.0. The van der Waals surface area contributed by atoms with Crippen molar-refractivity contribution in [2.24, 2.45) is 35.5 Å². The van der Waals surface area contributed by atoms with E-state index in [0.29, 0.717) is 25.7 Å². The van der Waals surface area contributed by atoms with Crippen molar-refractivity contribution in [3.8, 4) is 0 Å². The fourth-order valence-corrected chi connectivity index (χ4v) is 8.15. The number of carboxylic acid groups (broad SMARTS) is 2. The van der Waals surface area contributed by atoms with Crippen LogP contribution in [0.3, 0.4) is 0 Å². The molecule has 2 aliphatic rings. The summed E-state index contributed by atoms with van der Waals surface area (Å²) in [4.78, 5) is 72.6. The molecule has 10 nitrogen and oxygen atoms in total. The largest absolute Gasteiger partial charge is 0.481 e. The van der Waals surface area contributed by atoms with Crippen LogP contribution in [0.5, 0.6) is 0 Å². The average Bonchev–Trinajstić information content (AvgIpc) is 3.65. The molecule has 2 rings (SSSR count). The van der Waals surface area contributed by atoms with Crippen molar-refractivity contribution in [1.29, 1.82) is 0 Å². The van der Waals surface area contributed by atoms with Crippen LogP contribution in [-0.4, -0.2) is 46.0 Å². The number of hydrogen-bond acceptors (Lipinski definition) is 8. The van der Waals surface area contributed by atoms with Crippen molar-refractivity contribution in [1.82, 2.24) is 0 Å². The lowest BCUT2D eigenvalue weighted by molar-refractivity contribution is -0.155. The van der Waals surface area contributed by atoms with Crippen LogP contribution in [-0.2, 0) is 38.2 Å². The van der Waals surface area contributed by atoms with E-state index in [2.05, 4.69) is 38.2 Å². The Morgan fingerprint density at radius 1 is 0.574 bits per heavy atom. The van der Waals surface area contributed by atoms with Crippen molar-refractivity contribution in [2.75, 3.05) is 0 Å². The standard InChI is InChI=1S/C44H70O10/c1-3-5-7-11-17-23-33(29-35(37-31-41(49)53-43(37)51)25-19-13-9-15-21-27-39(45)46)34(24-18-12-8-6-4-2)30-36(38-32-42(50)54-44(38)52)26-20-14-10-16-22-28-40(47)48/h17-18,23-24,33-38H,3-16,19-22,25-32H2,1-2H3,(H,45,46)(H,47,48)/b23-17+,24-18+. The number of allylic oxidation sites excluding steroid dienone is 4. The number of rotatable bonds is 33. The Morgan fingerprint density at radius 3 is 1.28 bits per heavy atom. The van der Waals surface area contributed by atoms with Crippen LogP contribution < -0.4 is 0 Å². The summed E-state index contributed by atoms with van der Waals surface area (Å²) < 4.78 is 10.1. The van der Waals surface area contributed by atoms with Gasteiger partial charge in [-0.1, -0.05) is 115 Å². The summed E-state index contributed by atoms with van der Waals surface area (Å²) in [6, 6.07) is 0. The Labute approximate surface area is 324 Å². The maximum Gasteiger partial charge on any atom is 0.317 e. The Balaban J connectivity index is 2.38. The molecule has 2 fully saturated rings. The molecular formula is C44H70O10. The summed E-state index contributed by atoms with van der Waals surface area (Å²) in [7, 11) is 0. The number of ether oxygens (including phenoxy) is 2. The number of hydrogen-bond donors (Lipinski definition) is 2. The molecule has 10 heteroatoms. The number of carbonyl (C=O) groups is 6. The molecule has 2 heterocycles. The van der Waals surface area contributed by atoms with Crippen LogP contribution in [0.15, 0.2) is 24.3 Å². The molecule has 0 aliphatic carbocycles. The second-order valence-electron chi connectivity index (χ2n) is 15.8. The zero-order chi connectivity index (χ0) is 39.6. The Hall–Kier alpha value is -3.30. The summed E-state index contributed by atoms with van der Waals surface area (Å²) in [6.07, 6.45) is 29.4. The summed E-state index contributed by atoms with van der Waals surface area (Å²) in [5, 5.41) is 18.0. The number of esters is 4. The van der Waals surface area contributed by atoms with Crippen LogP contribution in [0, 0.1) is 35.5 Å². The van der Waals surface area contributed by atoms with E-state index in [9.17, 15) is 28.8 Å². The molecule has 0 spiro atoms. The molecule has 0 saturated carbocycles. The van der Waals surface area contributed by atoms with E-state index in [1.807, 2.05) is 0 Å². The van der Waals surface area contributed by atoms with Crippen LogP contribution in [0.2, 0.25) is 0 Å². The molecule has 0 radical (unpaired) electrons. The zero-order valence-electron chi connectivity index (χ0n) is 33.3. The number of cyclic esters (lactones) is 4. The quantitative estimate of drug-likeness (QED) is 0.0285. The van der Waals surface area contributed by atoms with Gasteiger partial charge < -0.3 is 19.7 Å². The lowest BCUT2D eigenvalue weighted by Crippen LogP contribution is -2.28. The van der Waals surface area contributed by atoms with Crippen LogP contribution in [0.4, 0.5) is 0 Å². The molecule has 306 valence electrons. The monoisotopic (exact) mass is 758 g/mol. The average molecular weight is 759 g/mol. The molecule has 2 N–H and O–H groups in total. The van der Waals surface area contributed by atoms with Crippen molar-refractivity contribution < 1.29 is 48.5 Å². The Kier molecular flexibility index (Phi) is 24.4. The van der Waals surface area contributed by atoms with Crippen molar-refractivity contribution in [3.63, 3.8) is 0 Å². The van der Waals surface area contributed by atoms with E-state index >= 15 is 0 Å². The van der Waals surface area contributed by atoms with E-state index in [1.54, 1.807) is 0 Å². The molecule has 0 aromatic carbocycles. The van der Waals surface area contributed by atoms with E-state index in [-0.39, 0.29) is 49.4 Å². The second-order valence-corrected chi connectivity index (χ2v) is 15.8. The van der Waals surface area contributed by atoms with Gasteiger partial charge in [-0.05, 0) is 87.9 Å². The first kappa shape index (κ1) is 46.9. The van der Waals surface area contributed by atoms with E-state index < -0.39 is 47.7 Å². The fraction of sp³-hybridized carbons (Fsp3) is 0.773. The summed E-state index contributed by atoms with van der Waals surface area (Å²) in [5.74, 6) is -4.52. The first-order valence-electron chi connectivity index (χ1n) is 21.3. The number of unbranched alkanes of at least 4 members (excludes halogenated alkanes) is 14. The minimum Gasteiger partial charge on any atom is -0.481 e. The van der Waals surface area contributed by atoms with Gasteiger partial charge in [0.15, 0.2) is 0 Å². The van der Waals surface area contributed by atoms with Gasteiger partial charge in [-0.3, -0.25) is 28.8 Å². The van der Waals surface area contributed by atoms with Gasteiger partial charge >= 0.3 is 35.8 Å². The van der Waals surface area contributed by atoms with Crippen molar-refractivity contribution in [2.45, 2.75) is 181 Å². The lowest BCUT2D eigenvalue weighted by atomic mass is 9.71. The van der Waals surface area contributed by atoms with Crippen LogP contribution in [0.1, 0.15) is 181 Å². The van der Waals surface area contributed by atoms with Gasteiger partial charge in [0.25, 0.3) is 0 Å². The van der Waals surface area contributed by atoms with E-state index in [1.165, 1.54) is 0 Å². The maximum atomic E-state index is 13.0. The third kappa shape index (κ3) is 19.9. The highest BCUT2D eigenvalue weighted by Gasteiger charge is 2.42. The summed E-state index contributed by atoms with van der Waals surface area (Å²) in [5.41, 5.74) is 0. The Bertz CT molecular complexity index is 1110. The van der Waals surface area contributed by atoms with Crippen LogP contribution >= 0.6 is 0 Å². The first-order chi connectivity index (χ1) is 26.0. The SMILES string of the molecule is CCCCC/C=C/C(CC(CCCCCCCC(=O)O)C1CC(=O)OC1=O)C(/C=C/CCCCC)CC(CCCCCCCC(=O)O)C1CC(=O)OC1=O. The summed E-state index contributed by atoms with van der Waals surface area (Å²) >= 11 is 0. The number of aliphatic carboxylic acids is 2. The molecule has 0 aromatic rings. The van der Waals surface area contributed by atoms with Crippen LogP contribution in [0.25, 0.3) is 0 Å². The van der Waals surface area contributed by atoms with Gasteiger partial charge in [0.05, 0.1) is 24.7 Å². The topological polar surface area (TPSA) is 161 Å². The van der Waals surface area contributed by atoms with Gasteiger partial charge in [0.2, 0.25) is 0 Å².